The third kappa shape index (κ3) is 5.19. The van der Waals surface area contributed by atoms with Crippen molar-refractivity contribution in [3.63, 3.8) is 0 Å². The number of halogens is 4. The van der Waals surface area contributed by atoms with Crippen LogP contribution in [-0.2, 0) is 4.74 Å². The van der Waals surface area contributed by atoms with E-state index in [9.17, 15) is 17.6 Å². The molecule has 2 saturated heterocycles. The molecule has 5 rings (SSSR count). The van der Waals surface area contributed by atoms with Gasteiger partial charge < -0.3 is 20.1 Å². The van der Waals surface area contributed by atoms with Gasteiger partial charge in [-0.3, -0.25) is 4.90 Å². The average molecular weight is 511 g/mol. The number of nitrogens with two attached hydrogens (primary N) is 1. The zero-order valence-corrected chi connectivity index (χ0v) is 20.2. The Labute approximate surface area is 206 Å². The normalized spacial score (nSPS) is 28.4. The van der Waals surface area contributed by atoms with Gasteiger partial charge in [-0.2, -0.15) is 8.78 Å². The predicted octanol–water partition coefficient (Wildman–Crippen LogP) is 3.92. The van der Waals surface area contributed by atoms with E-state index in [1.807, 2.05) is 0 Å². The van der Waals surface area contributed by atoms with E-state index < -0.39 is 19.1 Å². The lowest BCUT2D eigenvalue weighted by Crippen LogP contribution is -2.55. The molecule has 12 heteroatoms. The van der Waals surface area contributed by atoms with E-state index in [0.717, 1.165) is 25.1 Å². The summed E-state index contributed by atoms with van der Waals surface area (Å²) in [5.74, 6) is -2.93. The Kier molecular flexibility index (Phi) is 6.67. The fraction of sp³-hybridized carbons (Fsp3) is 0.625. The molecule has 1 aliphatic carbocycles. The van der Waals surface area contributed by atoms with Crippen molar-refractivity contribution in [1.29, 1.82) is 0 Å². The SMILES string of the molecule is C[C@H]1CN([C@H]2C[C@H](c3cc(-c4cnc(N)c(OC(F)F)c4)nc(N4CCC(F)(F)C4)n3)C2)[C@@H](C)CO1. The van der Waals surface area contributed by atoms with Gasteiger partial charge in [-0.25, -0.2) is 23.7 Å². The summed E-state index contributed by atoms with van der Waals surface area (Å²) < 4.78 is 63.8. The summed E-state index contributed by atoms with van der Waals surface area (Å²) in [6.07, 6.45) is 3.07. The van der Waals surface area contributed by atoms with Crippen LogP contribution in [0.1, 0.15) is 44.7 Å². The zero-order chi connectivity index (χ0) is 25.6. The first-order valence-electron chi connectivity index (χ1n) is 12.2. The van der Waals surface area contributed by atoms with Gasteiger partial charge in [0, 0.05) is 55.0 Å². The van der Waals surface area contributed by atoms with Crippen LogP contribution in [0.4, 0.5) is 29.3 Å². The van der Waals surface area contributed by atoms with Crippen molar-refractivity contribution in [2.45, 2.75) is 69.7 Å². The van der Waals surface area contributed by atoms with Crippen LogP contribution in [-0.4, -0.2) is 76.8 Å². The standard InChI is InChI=1S/C24H30F4N6O2/c1-13-11-35-14(2)10-34(13)17-5-15(6-17)18-8-19(16-7-20(36-22(25)26)21(29)30-9-16)32-23(31-18)33-4-3-24(27,28)12-33/h7-9,13-15,17,22H,3-6,10-12H2,1-2H3,(H2,29,30)/t13-,14-,15-,17-/m0/s1. The molecule has 3 aliphatic rings. The highest BCUT2D eigenvalue weighted by molar-refractivity contribution is 5.65. The molecule has 2 aromatic rings. The number of aromatic nitrogens is 3. The molecule has 0 radical (unpaired) electrons. The van der Waals surface area contributed by atoms with Gasteiger partial charge in [0.05, 0.1) is 24.9 Å². The summed E-state index contributed by atoms with van der Waals surface area (Å²) in [6.45, 7) is 2.38. The van der Waals surface area contributed by atoms with Crippen LogP contribution in [0.25, 0.3) is 11.3 Å². The third-order valence-electron chi connectivity index (χ3n) is 7.24. The highest BCUT2D eigenvalue weighted by Gasteiger charge is 2.42. The molecule has 3 fully saturated rings. The van der Waals surface area contributed by atoms with Gasteiger partial charge in [0.25, 0.3) is 5.92 Å². The number of alkyl halides is 4. The lowest BCUT2D eigenvalue weighted by Gasteiger charge is -2.48. The highest BCUT2D eigenvalue weighted by atomic mass is 19.3. The topological polar surface area (TPSA) is 89.6 Å². The minimum atomic E-state index is -3.06. The van der Waals surface area contributed by atoms with Crippen LogP contribution in [0.5, 0.6) is 5.75 Å². The third-order valence-corrected chi connectivity index (χ3v) is 7.24. The molecule has 36 heavy (non-hydrogen) atoms. The average Bonchev–Trinajstić information content (AvgIpc) is 3.16. The lowest BCUT2D eigenvalue weighted by molar-refractivity contribution is -0.0815. The maximum Gasteiger partial charge on any atom is 0.387 e. The van der Waals surface area contributed by atoms with Crippen LogP contribution in [0.15, 0.2) is 18.3 Å². The molecule has 196 valence electrons. The van der Waals surface area contributed by atoms with E-state index >= 15 is 0 Å². The second-order valence-corrected chi connectivity index (χ2v) is 10.0. The molecular formula is C24H30F4N6O2. The van der Waals surface area contributed by atoms with Crippen LogP contribution in [0, 0.1) is 0 Å². The molecule has 2 aliphatic heterocycles. The second kappa shape index (κ2) is 9.62. The number of hydrogen-bond acceptors (Lipinski definition) is 8. The van der Waals surface area contributed by atoms with E-state index in [1.54, 1.807) is 6.07 Å². The number of nitrogen functional groups attached to an aromatic ring is 1. The number of hydrogen-bond donors (Lipinski definition) is 1. The predicted molar refractivity (Wildman–Crippen MR) is 125 cm³/mol. The van der Waals surface area contributed by atoms with Crippen molar-refractivity contribution in [3.05, 3.63) is 24.0 Å². The summed E-state index contributed by atoms with van der Waals surface area (Å²) in [4.78, 5) is 17.1. The number of anilines is 2. The van der Waals surface area contributed by atoms with Crippen molar-refractivity contribution >= 4 is 11.8 Å². The molecule has 0 aromatic carbocycles. The first-order chi connectivity index (χ1) is 17.1. The van der Waals surface area contributed by atoms with Gasteiger partial charge >= 0.3 is 6.61 Å². The van der Waals surface area contributed by atoms with E-state index in [0.29, 0.717) is 29.9 Å². The number of pyridine rings is 1. The molecule has 2 N–H and O–H groups in total. The lowest BCUT2D eigenvalue weighted by atomic mass is 9.76. The minimum Gasteiger partial charge on any atom is -0.431 e. The number of nitrogens with zero attached hydrogens (tertiary/aromatic N) is 5. The molecule has 0 unspecified atom stereocenters. The zero-order valence-electron chi connectivity index (χ0n) is 20.2. The summed E-state index contributed by atoms with van der Waals surface area (Å²) in [7, 11) is 0. The Morgan fingerprint density at radius 1 is 1.19 bits per heavy atom. The van der Waals surface area contributed by atoms with Crippen molar-refractivity contribution in [2.24, 2.45) is 0 Å². The molecule has 4 heterocycles. The highest BCUT2D eigenvalue weighted by Crippen LogP contribution is 2.42. The number of rotatable bonds is 6. The molecule has 8 nitrogen and oxygen atoms in total. The van der Waals surface area contributed by atoms with Crippen LogP contribution in [0.2, 0.25) is 0 Å². The summed E-state index contributed by atoms with van der Waals surface area (Å²) in [5, 5.41) is 0. The molecular weight excluding hydrogens is 480 g/mol. The minimum absolute atomic E-state index is 0.127. The fourth-order valence-electron chi connectivity index (χ4n) is 5.18. The van der Waals surface area contributed by atoms with E-state index in [2.05, 4.69) is 38.4 Å². The maximum atomic E-state index is 14.0. The smallest absolute Gasteiger partial charge is 0.387 e. The van der Waals surface area contributed by atoms with Crippen LogP contribution >= 0.6 is 0 Å². The fourth-order valence-corrected chi connectivity index (χ4v) is 5.18. The molecule has 1 saturated carbocycles. The Hall–Kier alpha value is -2.73. The van der Waals surface area contributed by atoms with Crippen molar-refractivity contribution in [2.75, 3.05) is 36.9 Å². The van der Waals surface area contributed by atoms with Crippen LogP contribution in [0.3, 0.4) is 0 Å². The molecule has 0 amide bonds. The van der Waals surface area contributed by atoms with Crippen molar-refractivity contribution in [1.82, 2.24) is 19.9 Å². The monoisotopic (exact) mass is 510 g/mol. The van der Waals surface area contributed by atoms with Gasteiger partial charge in [0.2, 0.25) is 5.95 Å². The summed E-state index contributed by atoms with van der Waals surface area (Å²) in [5.41, 5.74) is 7.21. The molecule has 0 bridgehead atoms. The largest absolute Gasteiger partial charge is 0.431 e. The maximum absolute atomic E-state index is 14.0. The first kappa shape index (κ1) is 24.9. The van der Waals surface area contributed by atoms with Gasteiger partial charge in [-0.1, -0.05) is 0 Å². The van der Waals surface area contributed by atoms with Gasteiger partial charge in [-0.05, 0) is 38.8 Å². The molecule has 2 aromatic heterocycles. The van der Waals surface area contributed by atoms with Crippen LogP contribution < -0.4 is 15.4 Å². The van der Waals surface area contributed by atoms with Gasteiger partial charge in [0.15, 0.2) is 11.6 Å². The quantitative estimate of drug-likeness (QED) is 0.585. The molecule has 0 spiro atoms. The van der Waals surface area contributed by atoms with E-state index in [-0.39, 0.29) is 42.5 Å². The van der Waals surface area contributed by atoms with Crippen molar-refractivity contribution in [3.8, 4) is 17.0 Å². The Morgan fingerprint density at radius 2 is 1.97 bits per heavy atom. The van der Waals surface area contributed by atoms with E-state index in [4.69, 9.17) is 10.5 Å². The van der Waals surface area contributed by atoms with Gasteiger partial charge in [0.1, 0.15) is 0 Å². The summed E-state index contributed by atoms with van der Waals surface area (Å²) >= 11 is 0. The van der Waals surface area contributed by atoms with E-state index in [1.165, 1.54) is 17.2 Å². The van der Waals surface area contributed by atoms with Gasteiger partial charge in [-0.15, -0.1) is 0 Å². The second-order valence-electron chi connectivity index (χ2n) is 10.0. The Balaban J connectivity index is 1.43. The Morgan fingerprint density at radius 3 is 2.67 bits per heavy atom. The number of ether oxygens (including phenoxy) is 2. The number of morpholine rings is 1. The first-order valence-corrected chi connectivity index (χ1v) is 12.2. The molecule has 2 atom stereocenters. The Bertz CT molecular complexity index is 1100. The van der Waals surface area contributed by atoms with Crippen molar-refractivity contribution < 1.29 is 27.0 Å². The summed E-state index contributed by atoms with van der Waals surface area (Å²) in [6, 6.07) is 3.83.